The molecule has 0 unspecified atom stereocenters. The molecule has 3 aromatic rings. The molecule has 4 N–H and O–H groups in total. The fourth-order valence-corrected chi connectivity index (χ4v) is 5.30. The van der Waals surface area contributed by atoms with Gasteiger partial charge in [-0.3, -0.25) is 24.9 Å². The summed E-state index contributed by atoms with van der Waals surface area (Å²) < 4.78 is 20.3. The number of ether oxygens (including phenoxy) is 1. The molecule has 0 radical (unpaired) electrons. The number of halogens is 1. The number of aromatic nitrogens is 1. The standard InChI is InChI=1S/C31H37FN6O3/c1-4-37(5-2)31(40)27-12-10-22(18-38(27)19-24-25(32)7-6-8-28(24)41-3)36-30(39)21-9-11-26(33)23(17-21)29(34)20-13-15-35-16-14-20/h6-9,11,13-17,22,27,34H,4-5,10,12,18-19,33H2,1-3H3,(H,36,39)/t22-,27+/m1/s1. The number of nitrogens with one attached hydrogen (secondary N) is 2. The van der Waals surface area contributed by atoms with E-state index in [4.69, 9.17) is 15.9 Å². The fraction of sp³-hybridized carbons (Fsp3) is 0.355. The van der Waals surface area contributed by atoms with Crippen molar-refractivity contribution in [3.05, 3.63) is 89.0 Å². The zero-order valence-corrected chi connectivity index (χ0v) is 23.7. The van der Waals surface area contributed by atoms with E-state index in [0.29, 0.717) is 66.2 Å². The fourth-order valence-electron chi connectivity index (χ4n) is 5.30. The van der Waals surface area contributed by atoms with Crippen molar-refractivity contribution in [2.45, 2.75) is 45.3 Å². The number of amides is 2. The molecule has 0 spiro atoms. The third kappa shape index (κ3) is 6.71. The first-order chi connectivity index (χ1) is 19.8. The van der Waals surface area contributed by atoms with Crippen molar-refractivity contribution in [1.29, 1.82) is 5.41 Å². The van der Waals surface area contributed by atoms with Crippen LogP contribution in [0.3, 0.4) is 0 Å². The van der Waals surface area contributed by atoms with Crippen molar-refractivity contribution in [3.63, 3.8) is 0 Å². The van der Waals surface area contributed by atoms with Crippen LogP contribution in [-0.4, -0.2) is 71.1 Å². The molecular weight excluding hydrogens is 523 g/mol. The summed E-state index contributed by atoms with van der Waals surface area (Å²) in [6, 6.07) is 12.2. The lowest BCUT2D eigenvalue weighted by molar-refractivity contribution is -0.138. The second-order valence-electron chi connectivity index (χ2n) is 10.0. The maximum Gasteiger partial charge on any atom is 0.251 e. The van der Waals surface area contributed by atoms with Crippen LogP contribution in [0.5, 0.6) is 5.75 Å². The van der Waals surface area contributed by atoms with Crippen molar-refractivity contribution in [1.82, 2.24) is 20.1 Å². The number of piperidine rings is 1. The smallest absolute Gasteiger partial charge is 0.251 e. The SMILES string of the molecule is CCN(CC)C(=O)[C@@H]1CC[C@@H](NC(=O)c2ccc(N)c(C(=N)c3ccncc3)c2)CN1Cc1c(F)cccc1OC. The highest BCUT2D eigenvalue weighted by atomic mass is 19.1. The summed E-state index contributed by atoms with van der Waals surface area (Å²) in [5, 5.41) is 11.7. The van der Waals surface area contributed by atoms with Gasteiger partial charge in [0.2, 0.25) is 5.91 Å². The van der Waals surface area contributed by atoms with Crippen LogP contribution in [0.15, 0.2) is 60.9 Å². The van der Waals surface area contributed by atoms with Gasteiger partial charge in [0.05, 0.1) is 18.9 Å². The number of rotatable bonds is 10. The van der Waals surface area contributed by atoms with Gasteiger partial charge in [-0.05, 0) is 69.2 Å². The topological polar surface area (TPSA) is 125 Å². The molecule has 2 heterocycles. The molecule has 1 fully saturated rings. The summed E-state index contributed by atoms with van der Waals surface area (Å²) in [5.74, 6) is -0.310. The van der Waals surface area contributed by atoms with Gasteiger partial charge in [0.1, 0.15) is 11.6 Å². The Morgan fingerprint density at radius 3 is 2.54 bits per heavy atom. The Morgan fingerprint density at radius 1 is 1.12 bits per heavy atom. The molecule has 9 nitrogen and oxygen atoms in total. The molecule has 10 heteroatoms. The van der Waals surface area contributed by atoms with Crippen LogP contribution in [-0.2, 0) is 11.3 Å². The Hall–Kier alpha value is -4.31. The molecule has 1 aliphatic rings. The molecule has 1 aromatic heterocycles. The first kappa shape index (κ1) is 29.7. The van der Waals surface area contributed by atoms with E-state index in [1.165, 1.54) is 13.2 Å². The average Bonchev–Trinajstić information content (AvgIpc) is 2.99. The van der Waals surface area contributed by atoms with Crippen molar-refractivity contribution in [2.75, 3.05) is 32.5 Å². The minimum absolute atomic E-state index is 0.00659. The number of anilines is 1. The maximum absolute atomic E-state index is 14.9. The lowest BCUT2D eigenvalue weighted by Gasteiger charge is -2.41. The molecule has 2 aromatic carbocycles. The number of carbonyl (C=O) groups is 2. The molecule has 0 aliphatic carbocycles. The number of carbonyl (C=O) groups excluding carboxylic acids is 2. The van der Waals surface area contributed by atoms with E-state index >= 15 is 0 Å². The molecule has 0 bridgehead atoms. The number of nitrogen functional groups attached to an aromatic ring is 1. The molecule has 4 rings (SSSR count). The van der Waals surface area contributed by atoms with Crippen molar-refractivity contribution >= 4 is 23.2 Å². The molecule has 41 heavy (non-hydrogen) atoms. The Balaban J connectivity index is 1.55. The number of likely N-dealkylation sites (N-methyl/N-ethyl adjacent to an activating group) is 1. The third-order valence-electron chi connectivity index (χ3n) is 7.59. The quantitative estimate of drug-likeness (QED) is 0.256. The Labute approximate surface area is 240 Å². The van der Waals surface area contributed by atoms with E-state index in [2.05, 4.69) is 10.3 Å². The second-order valence-corrected chi connectivity index (χ2v) is 10.0. The first-order valence-corrected chi connectivity index (χ1v) is 13.8. The highest BCUT2D eigenvalue weighted by Gasteiger charge is 2.36. The normalized spacial score (nSPS) is 17.1. The number of nitrogens with zero attached hydrogens (tertiary/aromatic N) is 3. The van der Waals surface area contributed by atoms with Crippen LogP contribution < -0.4 is 15.8 Å². The van der Waals surface area contributed by atoms with Crippen molar-refractivity contribution in [3.8, 4) is 5.75 Å². The van der Waals surface area contributed by atoms with Crippen LogP contribution >= 0.6 is 0 Å². The summed E-state index contributed by atoms with van der Waals surface area (Å²) in [6.07, 6.45) is 4.29. The summed E-state index contributed by atoms with van der Waals surface area (Å²) >= 11 is 0. The summed E-state index contributed by atoms with van der Waals surface area (Å²) in [4.78, 5) is 34.5. The van der Waals surface area contributed by atoms with Crippen LogP contribution in [0.25, 0.3) is 0 Å². The van der Waals surface area contributed by atoms with Gasteiger partial charge >= 0.3 is 0 Å². The molecule has 2 atom stereocenters. The van der Waals surface area contributed by atoms with Crippen LogP contribution in [0.4, 0.5) is 10.1 Å². The van der Waals surface area contributed by atoms with Gasteiger partial charge in [-0.1, -0.05) is 6.07 Å². The zero-order chi connectivity index (χ0) is 29.5. The van der Waals surface area contributed by atoms with E-state index in [-0.39, 0.29) is 30.1 Å². The minimum Gasteiger partial charge on any atom is -0.496 e. The van der Waals surface area contributed by atoms with E-state index in [0.717, 1.165) is 0 Å². The summed E-state index contributed by atoms with van der Waals surface area (Å²) in [6.45, 7) is 5.55. The second kappa shape index (κ2) is 13.4. The first-order valence-electron chi connectivity index (χ1n) is 13.8. The lowest BCUT2D eigenvalue weighted by atomic mass is 9.95. The molecule has 216 valence electrons. The van der Waals surface area contributed by atoms with Gasteiger partial charge in [-0.2, -0.15) is 0 Å². The highest BCUT2D eigenvalue weighted by Crippen LogP contribution is 2.28. The van der Waals surface area contributed by atoms with Crippen LogP contribution in [0, 0.1) is 11.2 Å². The molecule has 2 amide bonds. The molecule has 1 aliphatic heterocycles. The van der Waals surface area contributed by atoms with Gasteiger partial charge in [0.25, 0.3) is 5.91 Å². The van der Waals surface area contributed by atoms with Gasteiger partial charge in [0, 0.05) is 72.6 Å². The summed E-state index contributed by atoms with van der Waals surface area (Å²) in [5.41, 5.74) is 8.58. The van der Waals surface area contributed by atoms with Crippen molar-refractivity contribution in [2.24, 2.45) is 0 Å². The Kier molecular flexibility index (Phi) is 9.67. The number of hydrogen-bond donors (Lipinski definition) is 3. The third-order valence-corrected chi connectivity index (χ3v) is 7.59. The number of methoxy groups -OCH3 is 1. The predicted molar refractivity (Wildman–Crippen MR) is 157 cm³/mol. The molecule has 1 saturated heterocycles. The maximum atomic E-state index is 14.9. The van der Waals surface area contributed by atoms with Crippen molar-refractivity contribution < 1.29 is 18.7 Å². The average molecular weight is 561 g/mol. The Morgan fingerprint density at radius 2 is 1.85 bits per heavy atom. The Bertz CT molecular complexity index is 1400. The summed E-state index contributed by atoms with van der Waals surface area (Å²) in [7, 11) is 1.49. The van der Waals surface area contributed by atoms with Gasteiger partial charge in [-0.15, -0.1) is 0 Å². The monoisotopic (exact) mass is 560 g/mol. The van der Waals surface area contributed by atoms with Crippen LogP contribution in [0.2, 0.25) is 0 Å². The van der Waals surface area contributed by atoms with E-state index < -0.39 is 11.9 Å². The van der Waals surface area contributed by atoms with E-state index in [9.17, 15) is 14.0 Å². The highest BCUT2D eigenvalue weighted by molar-refractivity contribution is 6.14. The van der Waals surface area contributed by atoms with Crippen LogP contribution in [0.1, 0.15) is 53.7 Å². The number of hydrogen-bond acceptors (Lipinski definition) is 7. The number of benzene rings is 2. The number of nitrogens with two attached hydrogens (primary N) is 1. The van der Waals surface area contributed by atoms with Gasteiger partial charge < -0.3 is 20.7 Å². The van der Waals surface area contributed by atoms with Gasteiger partial charge in [-0.25, -0.2) is 4.39 Å². The lowest BCUT2D eigenvalue weighted by Crippen LogP contribution is -2.56. The van der Waals surface area contributed by atoms with E-state index in [1.54, 1.807) is 59.8 Å². The minimum atomic E-state index is -0.448. The molecule has 0 saturated carbocycles. The van der Waals surface area contributed by atoms with E-state index in [1.807, 2.05) is 18.7 Å². The molecular formula is C31H37FN6O3. The number of likely N-dealkylation sites (tertiary alicyclic amines) is 1. The largest absolute Gasteiger partial charge is 0.496 e. The number of pyridine rings is 1. The predicted octanol–water partition coefficient (Wildman–Crippen LogP) is 3.86. The van der Waals surface area contributed by atoms with Gasteiger partial charge in [0.15, 0.2) is 0 Å². The zero-order valence-electron chi connectivity index (χ0n) is 23.7.